The SMILES string of the molecule is O=C(CCOCC(COCCC(=O)NCCCO[C@H]1O[C@H](CO)[C@@H](O)[C@H](O)[C@@H]1O)(COCCC(=O)NCCCO[C@H]1O[C@H](CO)[C@@H](O)[C@H](O)[C@@H]1O)NC(=O)CCC(=O)ON1C(=O)CCC1=O)NCCCO[C@H]1O[C@H](CO)[C@@H](O)[C@H](O)[C@@H]1O. The normalized spacial score (nSPS) is 29.6. The second kappa shape index (κ2) is 36.5. The number of hydrogen-bond acceptors (Lipinski definition) is 29. The van der Waals surface area contributed by atoms with Gasteiger partial charge < -0.3 is 130 Å². The quantitative estimate of drug-likeness (QED) is 0.0202. The number of ether oxygens (including phenoxy) is 9. The van der Waals surface area contributed by atoms with Gasteiger partial charge in [-0.15, -0.1) is 5.06 Å². The smallest absolute Gasteiger partial charge is 0.333 e. The molecule has 34 nitrogen and oxygen atoms in total. The second-order valence-corrected chi connectivity index (χ2v) is 19.6. The average Bonchev–Trinajstić information content (AvgIpc) is 3.91. The van der Waals surface area contributed by atoms with Gasteiger partial charge >= 0.3 is 5.97 Å². The van der Waals surface area contributed by atoms with Gasteiger partial charge in [-0.05, 0) is 19.3 Å². The van der Waals surface area contributed by atoms with E-state index in [9.17, 15) is 94.8 Å². The van der Waals surface area contributed by atoms with Gasteiger partial charge in [0.25, 0.3) is 11.8 Å². The molecule has 15 atom stereocenters. The van der Waals surface area contributed by atoms with E-state index in [0.29, 0.717) is 5.06 Å². The maximum atomic E-state index is 13.6. The maximum absolute atomic E-state index is 13.6. The van der Waals surface area contributed by atoms with E-state index in [1.807, 2.05) is 0 Å². The molecule has 4 rings (SSSR count). The Morgan fingerprint density at radius 3 is 1.10 bits per heavy atom. The van der Waals surface area contributed by atoms with E-state index in [0.717, 1.165) is 0 Å². The topological polar surface area (TPSA) is 506 Å². The van der Waals surface area contributed by atoms with Crippen LogP contribution in [0.15, 0.2) is 0 Å². The summed E-state index contributed by atoms with van der Waals surface area (Å²) in [6.45, 7) is -4.12. The van der Waals surface area contributed by atoms with Crippen LogP contribution in [0.5, 0.6) is 0 Å². The van der Waals surface area contributed by atoms with E-state index < -0.39 is 192 Å². The highest BCUT2D eigenvalue weighted by molar-refractivity contribution is 6.01. The Balaban J connectivity index is 1.33. The number of carbonyl (C=O) groups is 7. The fourth-order valence-corrected chi connectivity index (χ4v) is 8.29. The molecule has 16 N–H and O–H groups in total. The predicted molar refractivity (Wildman–Crippen MR) is 266 cm³/mol. The molecule has 82 heavy (non-hydrogen) atoms. The summed E-state index contributed by atoms with van der Waals surface area (Å²) in [5.74, 6) is -4.89. The first-order chi connectivity index (χ1) is 39.1. The summed E-state index contributed by atoms with van der Waals surface area (Å²) < 4.78 is 49.8. The third-order valence-electron chi connectivity index (χ3n) is 13.0. The largest absolute Gasteiger partial charge is 0.394 e. The van der Waals surface area contributed by atoms with Crippen molar-refractivity contribution in [2.75, 3.05) is 98.9 Å². The second-order valence-electron chi connectivity index (χ2n) is 19.6. The van der Waals surface area contributed by atoms with Crippen LogP contribution in [0.1, 0.15) is 64.2 Å². The molecule has 4 aliphatic heterocycles. The first kappa shape index (κ1) is 70.1. The molecule has 4 aliphatic rings. The molecule has 0 unspecified atom stereocenters. The van der Waals surface area contributed by atoms with Crippen LogP contribution in [-0.2, 0) is 81.0 Å². The van der Waals surface area contributed by atoms with Crippen LogP contribution in [0.25, 0.3) is 0 Å². The lowest BCUT2D eigenvalue weighted by molar-refractivity contribution is -0.301. The molecule has 0 aromatic carbocycles. The molecule has 0 radical (unpaired) electrons. The zero-order valence-electron chi connectivity index (χ0n) is 45.1. The van der Waals surface area contributed by atoms with Crippen LogP contribution < -0.4 is 21.3 Å². The molecule has 4 fully saturated rings. The van der Waals surface area contributed by atoms with Crippen LogP contribution in [0.4, 0.5) is 0 Å². The molecule has 0 spiro atoms. The van der Waals surface area contributed by atoms with Gasteiger partial charge in [-0.3, -0.25) is 28.8 Å². The van der Waals surface area contributed by atoms with E-state index >= 15 is 0 Å². The van der Waals surface area contributed by atoms with Gasteiger partial charge in [-0.2, -0.15) is 0 Å². The minimum Gasteiger partial charge on any atom is -0.394 e. The maximum Gasteiger partial charge on any atom is 0.333 e. The molecule has 0 aromatic heterocycles. The van der Waals surface area contributed by atoms with Gasteiger partial charge in [0.15, 0.2) is 18.9 Å². The van der Waals surface area contributed by atoms with Crippen LogP contribution in [0.3, 0.4) is 0 Å². The molecule has 472 valence electrons. The highest BCUT2D eigenvalue weighted by Crippen LogP contribution is 2.25. The first-order valence-corrected chi connectivity index (χ1v) is 26.8. The highest BCUT2D eigenvalue weighted by atomic mass is 16.7. The van der Waals surface area contributed by atoms with E-state index in [2.05, 4.69) is 21.3 Å². The molecular formula is C48H81N5O29. The van der Waals surface area contributed by atoms with Crippen LogP contribution >= 0.6 is 0 Å². The van der Waals surface area contributed by atoms with Crippen molar-refractivity contribution in [2.45, 2.75) is 162 Å². The molecule has 6 amide bonds. The Labute approximate surface area is 470 Å². The van der Waals surface area contributed by atoms with E-state index in [1.54, 1.807) is 0 Å². The number of carbonyl (C=O) groups excluding carboxylic acids is 7. The van der Waals surface area contributed by atoms with Crippen molar-refractivity contribution in [3.63, 3.8) is 0 Å². The van der Waals surface area contributed by atoms with Crippen molar-refractivity contribution < 1.29 is 142 Å². The fourth-order valence-electron chi connectivity index (χ4n) is 8.29. The molecule has 0 aromatic rings. The minimum atomic E-state index is -1.67. The standard InChI is InChI=1S/C48H81N5O29/c54-20-26-36(64)39(67)42(70)45(79-26)76-14-1-11-49-29(57)8-17-73-23-48(52-32(60)4-7-35(63)82-53-33(61)5-6-34(53)62,24-74-18-9-30(58)50-12-2-15-77-46-43(71)40(68)37(65)27(21-55)80-46)25-75-19-10-31(59)51-13-3-16-78-47-44(72)41(69)38(66)28(22-56)81-47/h26-28,36-47,54-56,64-72H,1-25H2,(H,49,57)(H,50,58)(H,51,59)(H,52,60)/t26-,27-,28-,36-,37-,38-,39+,40+,41+,42+,43+,44+,45+,46+,47+/m1/s1. The number of nitrogens with zero attached hydrogens (tertiary/aromatic N) is 1. The molecule has 0 aliphatic carbocycles. The summed E-state index contributed by atoms with van der Waals surface area (Å²) in [5.41, 5.74) is -1.67. The number of nitrogens with one attached hydrogen (secondary N) is 4. The Kier molecular flexibility index (Phi) is 31.2. The third kappa shape index (κ3) is 22.6. The monoisotopic (exact) mass is 1190 g/mol. The average molecular weight is 1190 g/mol. The number of rotatable bonds is 38. The summed E-state index contributed by atoms with van der Waals surface area (Å²) in [7, 11) is 0. The molecule has 0 bridgehead atoms. The summed E-state index contributed by atoms with van der Waals surface area (Å²) in [5, 5.41) is 130. The number of hydrogen-bond donors (Lipinski definition) is 16. The van der Waals surface area contributed by atoms with Gasteiger partial charge in [0, 0.05) is 58.2 Å². The fraction of sp³-hybridized carbons (Fsp3) is 0.854. The lowest BCUT2D eigenvalue weighted by Gasteiger charge is -2.39. The molecule has 4 saturated heterocycles. The third-order valence-corrected chi connectivity index (χ3v) is 13.0. The lowest BCUT2D eigenvalue weighted by Crippen LogP contribution is -2.59. The first-order valence-electron chi connectivity index (χ1n) is 26.8. The number of amides is 6. The van der Waals surface area contributed by atoms with Crippen molar-refractivity contribution in [3.8, 4) is 0 Å². The Bertz CT molecular complexity index is 1800. The number of hydroxylamine groups is 2. The number of aliphatic hydroxyl groups is 12. The molecular weight excluding hydrogens is 1110 g/mol. The Morgan fingerprint density at radius 1 is 0.451 bits per heavy atom. The van der Waals surface area contributed by atoms with E-state index in [-0.39, 0.29) is 111 Å². The van der Waals surface area contributed by atoms with E-state index in [1.165, 1.54) is 0 Å². The van der Waals surface area contributed by atoms with Gasteiger partial charge in [0.1, 0.15) is 78.8 Å². The summed E-state index contributed by atoms with van der Waals surface area (Å²) in [4.78, 5) is 93.5. The predicted octanol–water partition coefficient (Wildman–Crippen LogP) is -9.58. The van der Waals surface area contributed by atoms with Crippen LogP contribution in [-0.4, -0.2) is 304 Å². The van der Waals surface area contributed by atoms with Crippen molar-refractivity contribution >= 4 is 41.4 Å². The zero-order chi connectivity index (χ0) is 60.4. The minimum absolute atomic E-state index is 0.0629. The number of imide groups is 1. The van der Waals surface area contributed by atoms with Gasteiger partial charge in [-0.1, -0.05) is 0 Å². The Hall–Kier alpha value is -4.35. The number of aliphatic hydroxyl groups excluding tert-OH is 12. The van der Waals surface area contributed by atoms with Gasteiger partial charge in [0.05, 0.1) is 85.7 Å². The molecule has 0 saturated carbocycles. The van der Waals surface area contributed by atoms with Crippen LogP contribution in [0, 0.1) is 0 Å². The zero-order valence-corrected chi connectivity index (χ0v) is 45.1. The van der Waals surface area contributed by atoms with Crippen molar-refractivity contribution in [2.24, 2.45) is 0 Å². The summed E-state index contributed by atoms with van der Waals surface area (Å²) >= 11 is 0. The van der Waals surface area contributed by atoms with Crippen molar-refractivity contribution in [1.29, 1.82) is 0 Å². The molecule has 4 heterocycles. The highest BCUT2D eigenvalue weighted by Gasteiger charge is 2.46. The van der Waals surface area contributed by atoms with Crippen molar-refractivity contribution in [3.05, 3.63) is 0 Å². The Morgan fingerprint density at radius 2 is 0.780 bits per heavy atom. The summed E-state index contributed by atoms with van der Waals surface area (Å²) in [6, 6.07) is 0. The van der Waals surface area contributed by atoms with Gasteiger partial charge in [-0.25, -0.2) is 4.79 Å². The molecule has 34 heteroatoms. The van der Waals surface area contributed by atoms with Gasteiger partial charge in [0.2, 0.25) is 23.6 Å². The lowest BCUT2D eigenvalue weighted by atomic mass is 9.99. The van der Waals surface area contributed by atoms with Crippen molar-refractivity contribution in [1.82, 2.24) is 26.3 Å². The van der Waals surface area contributed by atoms with Crippen LogP contribution in [0.2, 0.25) is 0 Å². The van der Waals surface area contributed by atoms with E-state index in [4.69, 9.17) is 47.5 Å². The summed E-state index contributed by atoms with van der Waals surface area (Å²) in [6.07, 6.45) is -23.8.